The normalized spacial score (nSPS) is 11.3. The van der Waals surface area contributed by atoms with Crippen molar-refractivity contribution in [2.45, 2.75) is 6.54 Å². The number of nitrogens with zero attached hydrogens (tertiary/aromatic N) is 1. The molecule has 0 aliphatic rings. The quantitative estimate of drug-likeness (QED) is 0.851. The van der Waals surface area contributed by atoms with E-state index in [1.807, 2.05) is 6.07 Å². The highest BCUT2D eigenvalue weighted by atomic mass is 35.5. The zero-order valence-corrected chi connectivity index (χ0v) is 13.1. The number of halogens is 2. The number of rotatable bonds is 4. The lowest BCUT2D eigenvalue weighted by Gasteiger charge is -2.22. The molecule has 0 saturated carbocycles. The van der Waals surface area contributed by atoms with Crippen LogP contribution in [0.15, 0.2) is 48.5 Å². The van der Waals surface area contributed by atoms with E-state index in [1.54, 1.807) is 42.5 Å². The van der Waals surface area contributed by atoms with Gasteiger partial charge in [-0.1, -0.05) is 35.3 Å². The van der Waals surface area contributed by atoms with Crippen molar-refractivity contribution < 1.29 is 8.42 Å². The first kappa shape index (κ1) is 15.2. The summed E-state index contributed by atoms with van der Waals surface area (Å²) >= 11 is 11.8. The number of anilines is 1. The molecule has 0 N–H and O–H groups in total. The molecule has 0 heterocycles. The molecular formula is C14H13Cl2NO2S. The van der Waals surface area contributed by atoms with Crippen molar-refractivity contribution in [1.29, 1.82) is 0 Å². The van der Waals surface area contributed by atoms with Gasteiger partial charge in [0.2, 0.25) is 10.0 Å². The Kier molecular flexibility index (Phi) is 4.58. The predicted molar refractivity (Wildman–Crippen MR) is 83.9 cm³/mol. The molecule has 0 aliphatic heterocycles. The number of hydrogen-bond acceptors (Lipinski definition) is 2. The molecule has 3 nitrogen and oxygen atoms in total. The molecule has 2 aromatic rings. The van der Waals surface area contributed by atoms with Crippen LogP contribution < -0.4 is 4.31 Å². The van der Waals surface area contributed by atoms with Crippen LogP contribution in [0.1, 0.15) is 5.56 Å². The molecule has 106 valence electrons. The zero-order valence-electron chi connectivity index (χ0n) is 10.8. The van der Waals surface area contributed by atoms with Gasteiger partial charge in [-0.25, -0.2) is 8.42 Å². The minimum Gasteiger partial charge on any atom is -0.266 e. The van der Waals surface area contributed by atoms with E-state index in [4.69, 9.17) is 23.2 Å². The largest absolute Gasteiger partial charge is 0.266 e. The Morgan fingerprint density at radius 3 is 2.20 bits per heavy atom. The summed E-state index contributed by atoms with van der Waals surface area (Å²) in [5.74, 6) is 0. The fraction of sp³-hybridized carbons (Fsp3) is 0.143. The molecule has 2 aromatic carbocycles. The third kappa shape index (κ3) is 3.88. The van der Waals surface area contributed by atoms with Crippen LogP contribution in [0.3, 0.4) is 0 Å². The van der Waals surface area contributed by atoms with Gasteiger partial charge < -0.3 is 0 Å². The van der Waals surface area contributed by atoms with E-state index in [0.29, 0.717) is 15.7 Å². The summed E-state index contributed by atoms with van der Waals surface area (Å²) in [7, 11) is -3.39. The van der Waals surface area contributed by atoms with Crippen molar-refractivity contribution in [3.05, 3.63) is 64.1 Å². The SMILES string of the molecule is CS(=O)(=O)N(Cc1cccc(Cl)c1)c1ccc(Cl)cc1. The fourth-order valence-electron chi connectivity index (χ4n) is 1.81. The van der Waals surface area contributed by atoms with Crippen LogP contribution in [0.4, 0.5) is 5.69 Å². The molecular weight excluding hydrogens is 317 g/mol. The van der Waals surface area contributed by atoms with E-state index in [9.17, 15) is 8.42 Å². The molecule has 0 aliphatic carbocycles. The average molecular weight is 330 g/mol. The van der Waals surface area contributed by atoms with Gasteiger partial charge in [-0.2, -0.15) is 0 Å². The van der Waals surface area contributed by atoms with E-state index in [2.05, 4.69) is 0 Å². The highest BCUT2D eigenvalue weighted by molar-refractivity contribution is 7.92. The summed E-state index contributed by atoms with van der Waals surface area (Å²) in [5.41, 5.74) is 1.38. The molecule has 0 radical (unpaired) electrons. The summed E-state index contributed by atoms with van der Waals surface area (Å²) in [4.78, 5) is 0. The van der Waals surface area contributed by atoms with Crippen LogP contribution in [-0.4, -0.2) is 14.7 Å². The first-order chi connectivity index (χ1) is 9.36. The van der Waals surface area contributed by atoms with E-state index in [1.165, 1.54) is 10.6 Å². The molecule has 0 fully saturated rings. The van der Waals surface area contributed by atoms with E-state index < -0.39 is 10.0 Å². The maximum Gasteiger partial charge on any atom is 0.232 e. The summed E-state index contributed by atoms with van der Waals surface area (Å²) < 4.78 is 25.2. The van der Waals surface area contributed by atoms with Gasteiger partial charge in [0.1, 0.15) is 0 Å². The van der Waals surface area contributed by atoms with Crippen LogP contribution in [0.2, 0.25) is 10.0 Å². The molecule has 2 rings (SSSR count). The standard InChI is InChI=1S/C14H13Cl2NO2S/c1-20(18,19)17(14-7-5-12(15)6-8-14)10-11-3-2-4-13(16)9-11/h2-9H,10H2,1H3. The molecule has 20 heavy (non-hydrogen) atoms. The molecule has 6 heteroatoms. The van der Waals surface area contributed by atoms with E-state index in [0.717, 1.165) is 5.56 Å². The van der Waals surface area contributed by atoms with Crippen molar-refractivity contribution >= 4 is 38.9 Å². The molecule has 0 saturated heterocycles. The van der Waals surface area contributed by atoms with Gasteiger partial charge >= 0.3 is 0 Å². The van der Waals surface area contributed by atoms with Crippen LogP contribution >= 0.6 is 23.2 Å². The minimum absolute atomic E-state index is 0.223. The maximum atomic E-state index is 12.0. The fourth-order valence-corrected chi connectivity index (χ4v) is 3.04. The summed E-state index contributed by atoms with van der Waals surface area (Å²) in [5, 5.41) is 1.14. The second-order valence-electron chi connectivity index (χ2n) is 4.38. The minimum atomic E-state index is -3.39. The molecule has 0 bridgehead atoms. The van der Waals surface area contributed by atoms with Gasteiger partial charge in [0.25, 0.3) is 0 Å². The number of hydrogen-bond donors (Lipinski definition) is 0. The molecule has 0 aromatic heterocycles. The third-order valence-corrected chi connectivity index (χ3v) is 4.36. The second-order valence-corrected chi connectivity index (χ2v) is 7.16. The van der Waals surface area contributed by atoms with Crippen LogP contribution in [0, 0.1) is 0 Å². The smallest absolute Gasteiger partial charge is 0.232 e. The van der Waals surface area contributed by atoms with Gasteiger partial charge in [0.05, 0.1) is 18.5 Å². The van der Waals surface area contributed by atoms with Gasteiger partial charge in [-0.15, -0.1) is 0 Å². The van der Waals surface area contributed by atoms with Crippen LogP contribution in [0.25, 0.3) is 0 Å². The molecule has 0 amide bonds. The second kappa shape index (κ2) is 6.04. The molecule has 0 atom stereocenters. The van der Waals surface area contributed by atoms with Crippen molar-refractivity contribution in [2.24, 2.45) is 0 Å². The van der Waals surface area contributed by atoms with E-state index in [-0.39, 0.29) is 6.54 Å². The van der Waals surface area contributed by atoms with Gasteiger partial charge in [-0.3, -0.25) is 4.31 Å². The monoisotopic (exact) mass is 329 g/mol. The Balaban J connectivity index is 2.37. The Hall–Kier alpha value is -1.23. The number of sulfonamides is 1. The predicted octanol–water partition coefficient (Wildman–Crippen LogP) is 3.96. The van der Waals surface area contributed by atoms with Gasteiger partial charge in [0.15, 0.2) is 0 Å². The first-order valence-electron chi connectivity index (χ1n) is 5.84. The Labute approximate surface area is 128 Å². The summed E-state index contributed by atoms with van der Waals surface area (Å²) in [6, 6.07) is 13.8. The van der Waals surface area contributed by atoms with Crippen molar-refractivity contribution in [3.8, 4) is 0 Å². The van der Waals surface area contributed by atoms with Crippen LogP contribution in [-0.2, 0) is 16.6 Å². The van der Waals surface area contributed by atoms with Gasteiger partial charge in [-0.05, 0) is 42.0 Å². The average Bonchev–Trinajstić information content (AvgIpc) is 2.36. The Morgan fingerprint density at radius 1 is 1.00 bits per heavy atom. The van der Waals surface area contributed by atoms with E-state index >= 15 is 0 Å². The lowest BCUT2D eigenvalue weighted by atomic mass is 10.2. The summed E-state index contributed by atoms with van der Waals surface area (Å²) in [6.07, 6.45) is 1.17. The first-order valence-corrected chi connectivity index (χ1v) is 8.44. The summed E-state index contributed by atoms with van der Waals surface area (Å²) in [6.45, 7) is 0.223. The zero-order chi connectivity index (χ0) is 14.8. The maximum absolute atomic E-state index is 12.0. The lowest BCUT2D eigenvalue weighted by molar-refractivity contribution is 0.596. The highest BCUT2D eigenvalue weighted by Gasteiger charge is 2.17. The van der Waals surface area contributed by atoms with Gasteiger partial charge in [0, 0.05) is 10.0 Å². The number of benzene rings is 2. The third-order valence-electron chi connectivity index (χ3n) is 2.73. The van der Waals surface area contributed by atoms with Crippen molar-refractivity contribution in [1.82, 2.24) is 0 Å². The van der Waals surface area contributed by atoms with Crippen molar-refractivity contribution in [3.63, 3.8) is 0 Å². The lowest BCUT2D eigenvalue weighted by Crippen LogP contribution is -2.29. The highest BCUT2D eigenvalue weighted by Crippen LogP contribution is 2.23. The Morgan fingerprint density at radius 2 is 1.65 bits per heavy atom. The van der Waals surface area contributed by atoms with Crippen molar-refractivity contribution in [2.75, 3.05) is 10.6 Å². The topological polar surface area (TPSA) is 37.4 Å². The molecule has 0 spiro atoms. The molecule has 0 unspecified atom stereocenters. The Bertz CT molecular complexity index is 699. The van der Waals surface area contributed by atoms with Crippen LogP contribution in [0.5, 0.6) is 0 Å².